The Bertz CT molecular complexity index is 1270. The molecule has 0 bridgehead atoms. The number of amides is 1. The van der Waals surface area contributed by atoms with Gasteiger partial charge in [0.15, 0.2) is 17.2 Å². The molecule has 8 heteroatoms. The molecule has 2 N–H and O–H groups in total. The Morgan fingerprint density at radius 3 is 2.81 bits per heavy atom. The molecule has 1 saturated carbocycles. The van der Waals surface area contributed by atoms with Crippen molar-refractivity contribution >= 4 is 34.2 Å². The highest BCUT2D eigenvalue weighted by atomic mass is 35.5. The number of hydrogen-bond donors (Lipinski definition) is 2. The third-order valence-corrected chi connectivity index (χ3v) is 5.52. The van der Waals surface area contributed by atoms with E-state index in [1.807, 2.05) is 30.3 Å². The van der Waals surface area contributed by atoms with Gasteiger partial charge in [0.25, 0.3) is 5.91 Å². The van der Waals surface area contributed by atoms with Gasteiger partial charge in [-0.15, -0.1) is 0 Å². The first-order valence-corrected chi connectivity index (χ1v) is 10.3. The number of aromatic amines is 1. The van der Waals surface area contributed by atoms with Crippen molar-refractivity contribution in [3.05, 3.63) is 82.4 Å². The first kappa shape index (κ1) is 19.5. The van der Waals surface area contributed by atoms with Crippen molar-refractivity contribution in [3.63, 3.8) is 0 Å². The number of nitrogens with one attached hydrogen (secondary N) is 2. The maximum absolute atomic E-state index is 15.1. The van der Waals surface area contributed by atoms with E-state index in [9.17, 15) is 4.79 Å². The molecule has 0 saturated heterocycles. The molecule has 0 aliphatic heterocycles. The number of halogens is 2. The van der Waals surface area contributed by atoms with Crippen LogP contribution < -0.4 is 10.1 Å². The van der Waals surface area contributed by atoms with Gasteiger partial charge in [0.1, 0.15) is 6.61 Å². The average Bonchev–Trinajstić information content (AvgIpc) is 3.53. The Morgan fingerprint density at radius 2 is 2.03 bits per heavy atom. The fourth-order valence-corrected chi connectivity index (χ4v) is 3.68. The molecule has 1 amide bonds. The molecule has 0 radical (unpaired) electrons. The lowest BCUT2D eigenvalue weighted by atomic mass is 10.1. The van der Waals surface area contributed by atoms with Crippen LogP contribution in [0.25, 0.3) is 11.0 Å². The Labute approximate surface area is 182 Å². The maximum atomic E-state index is 15.1. The smallest absolute Gasteiger partial charge is 0.260 e. The predicted octanol–water partition coefficient (Wildman–Crippen LogP) is 5.46. The van der Waals surface area contributed by atoms with Gasteiger partial charge in [-0.25, -0.2) is 9.37 Å². The van der Waals surface area contributed by atoms with Crippen LogP contribution in [0.2, 0.25) is 5.02 Å². The SMILES string of the molecule is O=C(Nc1cnc2n[nH]c(C3CC3)c2c1)c1c(Cl)ccc(OCc2ccccc2)c1F. The van der Waals surface area contributed by atoms with Crippen molar-refractivity contribution < 1.29 is 13.9 Å². The summed E-state index contributed by atoms with van der Waals surface area (Å²) in [6, 6.07) is 14.0. The van der Waals surface area contributed by atoms with Crippen molar-refractivity contribution in [1.82, 2.24) is 15.2 Å². The van der Waals surface area contributed by atoms with Gasteiger partial charge in [-0.05, 0) is 36.6 Å². The number of H-pyrrole nitrogens is 1. The Hall–Kier alpha value is -3.45. The molecular formula is C23H18ClFN4O2. The van der Waals surface area contributed by atoms with Crippen molar-refractivity contribution in [3.8, 4) is 5.75 Å². The predicted molar refractivity (Wildman–Crippen MR) is 116 cm³/mol. The molecule has 4 aromatic rings. The molecule has 0 unspecified atom stereocenters. The molecule has 1 fully saturated rings. The first-order chi connectivity index (χ1) is 15.1. The number of anilines is 1. The molecule has 31 heavy (non-hydrogen) atoms. The second-order valence-corrected chi connectivity index (χ2v) is 7.88. The number of aromatic nitrogens is 3. The fourth-order valence-electron chi connectivity index (χ4n) is 3.45. The summed E-state index contributed by atoms with van der Waals surface area (Å²) in [4.78, 5) is 17.1. The van der Waals surface area contributed by atoms with Gasteiger partial charge in [0.2, 0.25) is 0 Å². The molecule has 5 rings (SSSR count). The lowest BCUT2D eigenvalue weighted by Crippen LogP contribution is -2.15. The van der Waals surface area contributed by atoms with Crippen LogP contribution in [0.15, 0.2) is 54.7 Å². The van der Waals surface area contributed by atoms with E-state index < -0.39 is 11.7 Å². The van der Waals surface area contributed by atoms with Gasteiger partial charge >= 0.3 is 0 Å². The number of nitrogens with zero attached hydrogens (tertiary/aromatic N) is 2. The van der Waals surface area contributed by atoms with E-state index in [0.29, 0.717) is 17.3 Å². The lowest BCUT2D eigenvalue weighted by Gasteiger charge is -2.12. The van der Waals surface area contributed by atoms with Gasteiger partial charge in [-0.1, -0.05) is 41.9 Å². The molecule has 0 spiro atoms. The molecule has 6 nitrogen and oxygen atoms in total. The molecule has 2 aromatic carbocycles. The molecule has 156 valence electrons. The second kappa shape index (κ2) is 8.00. The summed E-state index contributed by atoms with van der Waals surface area (Å²) in [6.45, 7) is 0.172. The minimum atomic E-state index is -0.808. The molecule has 1 aliphatic rings. The van der Waals surface area contributed by atoms with Gasteiger partial charge in [0.05, 0.1) is 22.5 Å². The number of hydrogen-bond acceptors (Lipinski definition) is 4. The topological polar surface area (TPSA) is 79.9 Å². The van der Waals surface area contributed by atoms with E-state index in [4.69, 9.17) is 16.3 Å². The van der Waals surface area contributed by atoms with E-state index >= 15 is 4.39 Å². The standard InChI is InChI=1S/C23H18ClFN4O2/c24-17-8-9-18(31-12-13-4-2-1-3-5-13)20(25)19(17)23(30)27-15-10-16-21(14-6-7-14)28-29-22(16)26-11-15/h1-5,8-11,14H,6-7,12H2,(H,27,30)(H,26,28,29). The monoisotopic (exact) mass is 436 g/mol. The zero-order valence-electron chi connectivity index (χ0n) is 16.4. The first-order valence-electron chi connectivity index (χ1n) is 9.90. The summed E-state index contributed by atoms with van der Waals surface area (Å²) in [5.41, 5.74) is 2.64. The van der Waals surface area contributed by atoms with Gasteiger partial charge in [-0.2, -0.15) is 5.10 Å². The van der Waals surface area contributed by atoms with E-state index in [2.05, 4.69) is 20.5 Å². The van der Waals surface area contributed by atoms with Crippen LogP contribution in [0.4, 0.5) is 10.1 Å². The number of rotatable bonds is 6. The Morgan fingerprint density at radius 1 is 1.23 bits per heavy atom. The molecule has 2 aromatic heterocycles. The number of carbonyl (C=O) groups is 1. The van der Waals surface area contributed by atoms with Crippen molar-refractivity contribution in [2.45, 2.75) is 25.4 Å². The second-order valence-electron chi connectivity index (χ2n) is 7.47. The summed E-state index contributed by atoms with van der Waals surface area (Å²) in [7, 11) is 0. The van der Waals surface area contributed by atoms with Crippen LogP contribution in [-0.2, 0) is 6.61 Å². The Kier molecular flexibility index (Phi) is 5.03. The van der Waals surface area contributed by atoms with Crippen molar-refractivity contribution in [2.24, 2.45) is 0 Å². The van der Waals surface area contributed by atoms with Crippen LogP contribution in [0.5, 0.6) is 5.75 Å². The number of fused-ring (bicyclic) bond motifs is 1. The highest BCUT2D eigenvalue weighted by Gasteiger charge is 2.28. The van der Waals surface area contributed by atoms with E-state index in [1.165, 1.54) is 18.3 Å². The highest BCUT2D eigenvalue weighted by molar-refractivity contribution is 6.34. The fraction of sp³-hybridized carbons (Fsp3) is 0.174. The number of ether oxygens (including phenoxy) is 1. The quantitative estimate of drug-likeness (QED) is 0.420. The molecular weight excluding hydrogens is 419 g/mol. The van der Waals surface area contributed by atoms with E-state index in [-0.39, 0.29) is 22.9 Å². The van der Waals surface area contributed by atoms with Crippen LogP contribution in [0, 0.1) is 5.82 Å². The van der Waals surface area contributed by atoms with Gasteiger partial charge in [0, 0.05) is 17.0 Å². The highest BCUT2D eigenvalue weighted by Crippen LogP contribution is 2.42. The van der Waals surface area contributed by atoms with Crippen molar-refractivity contribution in [1.29, 1.82) is 0 Å². The largest absolute Gasteiger partial charge is 0.486 e. The number of carbonyl (C=O) groups excluding carboxylic acids is 1. The maximum Gasteiger partial charge on any atom is 0.260 e. The number of pyridine rings is 1. The van der Waals surface area contributed by atoms with Gasteiger partial charge in [-0.3, -0.25) is 9.89 Å². The molecule has 2 heterocycles. The minimum absolute atomic E-state index is 0.00178. The van der Waals surface area contributed by atoms with E-state index in [0.717, 1.165) is 29.5 Å². The normalized spacial score (nSPS) is 13.4. The summed E-state index contributed by atoms with van der Waals surface area (Å²) >= 11 is 6.15. The summed E-state index contributed by atoms with van der Waals surface area (Å²) in [5.74, 6) is -1.08. The van der Waals surface area contributed by atoms with Crippen LogP contribution in [-0.4, -0.2) is 21.1 Å². The van der Waals surface area contributed by atoms with Crippen LogP contribution >= 0.6 is 11.6 Å². The van der Waals surface area contributed by atoms with Crippen LogP contribution in [0.1, 0.15) is 40.4 Å². The Balaban J connectivity index is 1.38. The summed E-state index contributed by atoms with van der Waals surface area (Å²) < 4.78 is 20.6. The lowest BCUT2D eigenvalue weighted by molar-refractivity contribution is 0.102. The third-order valence-electron chi connectivity index (χ3n) is 5.20. The minimum Gasteiger partial charge on any atom is -0.486 e. The summed E-state index contributed by atoms with van der Waals surface area (Å²) in [6.07, 6.45) is 3.69. The number of benzene rings is 2. The zero-order chi connectivity index (χ0) is 21.4. The molecule has 0 atom stereocenters. The zero-order valence-corrected chi connectivity index (χ0v) is 17.1. The van der Waals surface area contributed by atoms with Crippen molar-refractivity contribution in [2.75, 3.05) is 5.32 Å². The summed E-state index contributed by atoms with van der Waals surface area (Å²) in [5, 5.41) is 10.8. The van der Waals surface area contributed by atoms with Crippen LogP contribution in [0.3, 0.4) is 0 Å². The van der Waals surface area contributed by atoms with Gasteiger partial charge < -0.3 is 10.1 Å². The average molecular weight is 437 g/mol. The molecule has 1 aliphatic carbocycles. The third kappa shape index (κ3) is 3.96. The van der Waals surface area contributed by atoms with E-state index in [1.54, 1.807) is 6.07 Å².